The lowest BCUT2D eigenvalue weighted by Gasteiger charge is -2.26. The van der Waals surface area contributed by atoms with Crippen LogP contribution in [0, 0.1) is 5.92 Å². The van der Waals surface area contributed by atoms with Crippen LogP contribution in [0.5, 0.6) is 0 Å². The van der Waals surface area contributed by atoms with Gasteiger partial charge in [-0.3, -0.25) is 19.5 Å². The van der Waals surface area contributed by atoms with Crippen LogP contribution in [0.4, 0.5) is 0 Å². The highest BCUT2D eigenvalue weighted by Gasteiger charge is 2.34. The molecule has 0 bridgehead atoms. The zero-order valence-electron chi connectivity index (χ0n) is 18.2. The highest BCUT2D eigenvalue weighted by molar-refractivity contribution is 6.21. The van der Waals surface area contributed by atoms with Crippen LogP contribution in [0.2, 0.25) is 0 Å². The van der Waals surface area contributed by atoms with Crippen molar-refractivity contribution in [1.29, 1.82) is 0 Å². The van der Waals surface area contributed by atoms with E-state index in [9.17, 15) is 9.59 Å². The lowest BCUT2D eigenvalue weighted by molar-refractivity contribution is 0.0624. The summed E-state index contributed by atoms with van der Waals surface area (Å²) in [4.78, 5) is 33.1. The Labute approximate surface area is 179 Å². The Morgan fingerprint density at radius 1 is 1.17 bits per heavy atom. The van der Waals surface area contributed by atoms with Crippen LogP contribution >= 0.6 is 0 Å². The Hall–Kier alpha value is -2.41. The number of nitrogens with one attached hydrogen (secondary N) is 1. The predicted molar refractivity (Wildman–Crippen MR) is 118 cm³/mol. The first-order valence-corrected chi connectivity index (χ1v) is 11.1. The van der Waals surface area contributed by atoms with E-state index in [1.807, 2.05) is 0 Å². The largest absolute Gasteiger partial charge is 0.381 e. The SMILES string of the molecule is CCNC(=NCCCCN1C(=O)c2ccccc2C1=O)N(C)CCC1CCOCC1. The Morgan fingerprint density at radius 3 is 2.47 bits per heavy atom. The molecule has 1 aromatic carbocycles. The second-order valence-corrected chi connectivity index (χ2v) is 8.02. The van der Waals surface area contributed by atoms with Gasteiger partial charge in [-0.25, -0.2) is 0 Å². The molecule has 0 aliphatic carbocycles. The second kappa shape index (κ2) is 11.1. The number of carbonyl (C=O) groups excluding carboxylic acids is 2. The maximum Gasteiger partial charge on any atom is 0.261 e. The van der Waals surface area contributed by atoms with E-state index >= 15 is 0 Å². The topological polar surface area (TPSA) is 74.2 Å². The number of nitrogens with zero attached hydrogens (tertiary/aromatic N) is 3. The molecule has 2 heterocycles. The average Bonchev–Trinajstić information content (AvgIpc) is 3.02. The molecule has 3 rings (SSSR count). The zero-order chi connectivity index (χ0) is 21.3. The Kier molecular flexibility index (Phi) is 8.25. The number of fused-ring (bicyclic) bond motifs is 1. The van der Waals surface area contributed by atoms with Crippen molar-refractivity contribution in [2.45, 2.75) is 39.0 Å². The van der Waals surface area contributed by atoms with E-state index in [0.717, 1.165) is 70.3 Å². The number of aliphatic imine (C=N–C) groups is 1. The van der Waals surface area contributed by atoms with E-state index in [2.05, 4.69) is 24.2 Å². The van der Waals surface area contributed by atoms with Crippen molar-refractivity contribution in [2.75, 3.05) is 46.4 Å². The molecule has 30 heavy (non-hydrogen) atoms. The fraction of sp³-hybridized carbons (Fsp3) is 0.609. The van der Waals surface area contributed by atoms with Crippen molar-refractivity contribution in [3.05, 3.63) is 35.4 Å². The third kappa shape index (κ3) is 5.59. The van der Waals surface area contributed by atoms with Gasteiger partial charge in [-0.1, -0.05) is 12.1 Å². The standard InChI is InChI=1S/C23H34N4O3/c1-3-24-23(26(2)15-10-18-11-16-30-17-12-18)25-13-6-7-14-27-21(28)19-8-4-5-9-20(19)22(27)29/h4-5,8-9,18H,3,6-7,10-17H2,1-2H3,(H,24,25). The predicted octanol–water partition coefficient (Wildman–Crippen LogP) is 2.78. The molecule has 1 N–H and O–H groups in total. The lowest BCUT2D eigenvalue weighted by Crippen LogP contribution is -2.40. The molecule has 7 nitrogen and oxygen atoms in total. The van der Waals surface area contributed by atoms with Crippen LogP contribution in [0.15, 0.2) is 29.3 Å². The minimum Gasteiger partial charge on any atom is -0.381 e. The fourth-order valence-corrected chi connectivity index (χ4v) is 4.00. The first kappa shape index (κ1) is 22.3. The van der Waals surface area contributed by atoms with Crippen molar-refractivity contribution < 1.29 is 14.3 Å². The van der Waals surface area contributed by atoms with Crippen molar-refractivity contribution >= 4 is 17.8 Å². The number of ether oxygens (including phenoxy) is 1. The molecule has 2 amide bonds. The number of amides is 2. The molecule has 1 saturated heterocycles. The number of benzene rings is 1. The molecule has 7 heteroatoms. The van der Waals surface area contributed by atoms with Gasteiger partial charge in [0, 0.05) is 46.4 Å². The Bertz CT molecular complexity index is 724. The van der Waals surface area contributed by atoms with Crippen molar-refractivity contribution in [3.63, 3.8) is 0 Å². The molecule has 0 saturated carbocycles. The highest BCUT2D eigenvalue weighted by Crippen LogP contribution is 2.22. The molecule has 0 aromatic heterocycles. The first-order chi connectivity index (χ1) is 14.6. The smallest absolute Gasteiger partial charge is 0.261 e. The molecule has 1 aromatic rings. The summed E-state index contributed by atoms with van der Waals surface area (Å²) in [6.07, 6.45) is 5.04. The molecule has 0 spiro atoms. The van der Waals surface area contributed by atoms with Crippen molar-refractivity contribution in [2.24, 2.45) is 10.9 Å². The quantitative estimate of drug-likeness (QED) is 0.291. The van der Waals surface area contributed by atoms with E-state index < -0.39 is 0 Å². The summed E-state index contributed by atoms with van der Waals surface area (Å²) in [6, 6.07) is 7.03. The summed E-state index contributed by atoms with van der Waals surface area (Å²) in [5.74, 6) is 1.30. The van der Waals surface area contributed by atoms with E-state index in [1.165, 1.54) is 4.90 Å². The maximum atomic E-state index is 12.4. The Morgan fingerprint density at radius 2 is 1.83 bits per heavy atom. The average molecular weight is 415 g/mol. The number of guanidine groups is 1. The van der Waals surface area contributed by atoms with Gasteiger partial charge in [-0.05, 0) is 57.1 Å². The van der Waals surface area contributed by atoms with Gasteiger partial charge >= 0.3 is 0 Å². The van der Waals surface area contributed by atoms with Gasteiger partial charge in [-0.2, -0.15) is 0 Å². The minimum atomic E-state index is -0.180. The number of hydrogen-bond acceptors (Lipinski definition) is 4. The van der Waals surface area contributed by atoms with Crippen molar-refractivity contribution in [1.82, 2.24) is 15.1 Å². The molecular weight excluding hydrogens is 380 g/mol. The summed E-state index contributed by atoms with van der Waals surface area (Å²) in [5, 5.41) is 3.36. The van der Waals surface area contributed by atoms with Gasteiger partial charge in [0.15, 0.2) is 5.96 Å². The summed E-state index contributed by atoms with van der Waals surface area (Å²) in [6.45, 7) is 6.77. The van der Waals surface area contributed by atoms with Crippen LogP contribution in [-0.4, -0.2) is 74.0 Å². The van der Waals surface area contributed by atoms with Gasteiger partial charge in [0.1, 0.15) is 0 Å². The summed E-state index contributed by atoms with van der Waals surface area (Å²) in [5.41, 5.74) is 1.03. The Balaban J connectivity index is 1.42. The molecule has 2 aliphatic rings. The van der Waals surface area contributed by atoms with E-state index in [0.29, 0.717) is 24.2 Å². The lowest BCUT2D eigenvalue weighted by atomic mass is 9.96. The summed E-state index contributed by atoms with van der Waals surface area (Å²) >= 11 is 0. The summed E-state index contributed by atoms with van der Waals surface area (Å²) in [7, 11) is 2.08. The van der Waals surface area contributed by atoms with E-state index in [1.54, 1.807) is 24.3 Å². The minimum absolute atomic E-state index is 0.180. The molecule has 0 atom stereocenters. The van der Waals surface area contributed by atoms with Crippen LogP contribution in [0.3, 0.4) is 0 Å². The number of unbranched alkanes of at least 4 members (excludes halogenated alkanes) is 1. The van der Waals surface area contributed by atoms with E-state index in [-0.39, 0.29) is 11.8 Å². The van der Waals surface area contributed by atoms with Crippen LogP contribution in [-0.2, 0) is 4.74 Å². The third-order valence-electron chi connectivity index (χ3n) is 5.84. The number of rotatable bonds is 9. The van der Waals surface area contributed by atoms with Gasteiger partial charge in [-0.15, -0.1) is 0 Å². The molecular formula is C23H34N4O3. The molecule has 1 fully saturated rings. The monoisotopic (exact) mass is 414 g/mol. The third-order valence-corrected chi connectivity index (χ3v) is 5.84. The van der Waals surface area contributed by atoms with Gasteiger partial charge in [0.2, 0.25) is 0 Å². The molecule has 2 aliphatic heterocycles. The molecule has 164 valence electrons. The fourth-order valence-electron chi connectivity index (χ4n) is 4.00. The van der Waals surface area contributed by atoms with E-state index in [4.69, 9.17) is 9.73 Å². The number of hydrogen-bond donors (Lipinski definition) is 1. The number of carbonyl (C=O) groups is 2. The van der Waals surface area contributed by atoms with Gasteiger partial charge in [0.05, 0.1) is 11.1 Å². The number of imide groups is 1. The summed E-state index contributed by atoms with van der Waals surface area (Å²) < 4.78 is 5.44. The van der Waals surface area contributed by atoms with Crippen LogP contribution < -0.4 is 5.32 Å². The van der Waals surface area contributed by atoms with Gasteiger partial charge < -0.3 is 15.0 Å². The molecule has 0 unspecified atom stereocenters. The zero-order valence-corrected chi connectivity index (χ0v) is 18.2. The first-order valence-electron chi connectivity index (χ1n) is 11.1. The molecule has 0 radical (unpaired) electrons. The van der Waals surface area contributed by atoms with Gasteiger partial charge in [0.25, 0.3) is 11.8 Å². The normalized spacial score (nSPS) is 17.4. The highest BCUT2D eigenvalue weighted by atomic mass is 16.5. The van der Waals surface area contributed by atoms with Crippen LogP contribution in [0.1, 0.15) is 59.7 Å². The second-order valence-electron chi connectivity index (χ2n) is 8.02. The van der Waals surface area contributed by atoms with Crippen molar-refractivity contribution in [3.8, 4) is 0 Å². The maximum absolute atomic E-state index is 12.4. The van der Waals surface area contributed by atoms with Crippen LogP contribution in [0.25, 0.3) is 0 Å².